The fourth-order valence-corrected chi connectivity index (χ4v) is 4.93. The van der Waals surface area contributed by atoms with Crippen molar-refractivity contribution in [1.82, 2.24) is 9.99 Å². The molecule has 1 aliphatic rings. The zero-order chi connectivity index (χ0) is 28.4. The fraction of sp³-hybridized carbons (Fsp3) is 0.233. The largest absolute Gasteiger partial charge is 0.493 e. The highest BCUT2D eigenvalue weighted by molar-refractivity contribution is 6.31. The molecule has 10 heteroatoms. The normalized spacial score (nSPS) is 14.6. The summed E-state index contributed by atoms with van der Waals surface area (Å²) in [4.78, 5) is 17.0. The maximum Gasteiger partial charge on any atom is 0.240 e. The van der Waals surface area contributed by atoms with E-state index in [1.807, 2.05) is 36.4 Å². The van der Waals surface area contributed by atoms with Gasteiger partial charge in [-0.1, -0.05) is 17.7 Å². The lowest BCUT2D eigenvalue weighted by molar-refractivity contribution is -0.130. The van der Waals surface area contributed by atoms with Crippen LogP contribution in [0.15, 0.2) is 65.9 Å². The lowest BCUT2D eigenvalue weighted by Crippen LogP contribution is -2.24. The van der Waals surface area contributed by atoms with Crippen molar-refractivity contribution < 1.29 is 28.5 Å². The SMILES string of the molecule is COc1cc(C2CC(c3cc(OC)c(OC)c(OC)c3)=NN2C(C)=O)ccc1Oc1ccnc2cc(Cl)ccc12. The standard InChI is InChI=1S/C30H28ClN3O6/c1-17(35)34-24(16-22(33-34)19-13-28(37-3)30(39-5)29(14-19)38-4)18-6-9-26(27(12-18)36-2)40-25-10-11-32-23-15-20(31)7-8-21(23)25/h6-15,24H,16H2,1-5H3. The van der Waals surface area contributed by atoms with E-state index in [2.05, 4.69) is 10.1 Å². The maximum absolute atomic E-state index is 12.6. The van der Waals surface area contributed by atoms with Gasteiger partial charge >= 0.3 is 0 Å². The monoisotopic (exact) mass is 561 g/mol. The van der Waals surface area contributed by atoms with Crippen LogP contribution < -0.4 is 23.7 Å². The first kappa shape index (κ1) is 27.1. The van der Waals surface area contributed by atoms with Crippen LogP contribution in [0.1, 0.15) is 30.5 Å². The summed E-state index contributed by atoms with van der Waals surface area (Å²) >= 11 is 6.13. The average molecular weight is 562 g/mol. The molecule has 1 amide bonds. The highest BCUT2D eigenvalue weighted by Gasteiger charge is 2.33. The van der Waals surface area contributed by atoms with Gasteiger partial charge in [0, 0.05) is 35.5 Å². The highest BCUT2D eigenvalue weighted by Crippen LogP contribution is 2.43. The highest BCUT2D eigenvalue weighted by atomic mass is 35.5. The smallest absolute Gasteiger partial charge is 0.240 e. The molecule has 40 heavy (non-hydrogen) atoms. The molecule has 0 aliphatic carbocycles. The predicted molar refractivity (Wildman–Crippen MR) is 152 cm³/mol. The number of halogens is 1. The molecule has 5 rings (SSSR count). The van der Waals surface area contributed by atoms with E-state index >= 15 is 0 Å². The van der Waals surface area contributed by atoms with Crippen LogP contribution in [0.2, 0.25) is 5.02 Å². The number of ether oxygens (including phenoxy) is 5. The van der Waals surface area contributed by atoms with E-state index in [9.17, 15) is 4.79 Å². The van der Waals surface area contributed by atoms with Gasteiger partial charge in [-0.2, -0.15) is 5.10 Å². The van der Waals surface area contributed by atoms with Crippen molar-refractivity contribution in [2.45, 2.75) is 19.4 Å². The third kappa shape index (κ3) is 5.08. The zero-order valence-electron chi connectivity index (χ0n) is 22.7. The van der Waals surface area contributed by atoms with E-state index in [4.69, 9.17) is 35.3 Å². The Hall–Kier alpha value is -4.50. The molecule has 4 aromatic rings. The third-order valence-corrected chi connectivity index (χ3v) is 6.92. The van der Waals surface area contributed by atoms with E-state index in [-0.39, 0.29) is 11.9 Å². The summed E-state index contributed by atoms with van der Waals surface area (Å²) in [6.45, 7) is 1.49. The lowest BCUT2D eigenvalue weighted by atomic mass is 9.97. The summed E-state index contributed by atoms with van der Waals surface area (Å²) in [5, 5.41) is 7.56. The number of amides is 1. The van der Waals surface area contributed by atoms with Crippen LogP contribution in [0.4, 0.5) is 0 Å². The minimum absolute atomic E-state index is 0.186. The zero-order valence-corrected chi connectivity index (χ0v) is 23.5. The minimum Gasteiger partial charge on any atom is -0.493 e. The number of pyridine rings is 1. The number of rotatable bonds is 8. The Balaban J connectivity index is 1.47. The van der Waals surface area contributed by atoms with E-state index in [0.717, 1.165) is 22.0 Å². The van der Waals surface area contributed by atoms with Crippen molar-refractivity contribution in [2.75, 3.05) is 28.4 Å². The van der Waals surface area contributed by atoms with Gasteiger partial charge in [-0.25, -0.2) is 5.01 Å². The number of carbonyl (C=O) groups is 1. The van der Waals surface area contributed by atoms with Gasteiger partial charge in [-0.3, -0.25) is 9.78 Å². The van der Waals surface area contributed by atoms with Crippen LogP contribution in [0.25, 0.3) is 10.9 Å². The number of hydrogen-bond donors (Lipinski definition) is 0. The number of fused-ring (bicyclic) bond motifs is 1. The molecule has 0 saturated carbocycles. The Morgan fingerprint density at radius 2 is 1.57 bits per heavy atom. The van der Waals surface area contributed by atoms with Crippen molar-refractivity contribution in [3.63, 3.8) is 0 Å². The lowest BCUT2D eigenvalue weighted by Gasteiger charge is -2.22. The molecule has 3 aromatic carbocycles. The molecule has 1 aliphatic heterocycles. The summed E-state index contributed by atoms with van der Waals surface area (Å²) in [7, 11) is 6.24. The van der Waals surface area contributed by atoms with Crippen molar-refractivity contribution in [3.05, 3.63) is 76.9 Å². The Bertz CT molecular complexity index is 1600. The number of aromatic nitrogens is 1. The second kappa shape index (κ2) is 11.3. The van der Waals surface area contributed by atoms with Crippen LogP contribution in [-0.2, 0) is 4.79 Å². The van der Waals surface area contributed by atoms with Gasteiger partial charge in [0.25, 0.3) is 0 Å². The van der Waals surface area contributed by atoms with Gasteiger partial charge in [0.15, 0.2) is 23.0 Å². The van der Waals surface area contributed by atoms with Crippen molar-refractivity contribution >= 4 is 34.1 Å². The number of hydrazone groups is 1. The second-order valence-corrected chi connectivity index (χ2v) is 9.46. The quantitative estimate of drug-likeness (QED) is 0.245. The summed E-state index contributed by atoms with van der Waals surface area (Å²) in [5.41, 5.74) is 3.04. The molecule has 1 unspecified atom stereocenters. The predicted octanol–water partition coefficient (Wildman–Crippen LogP) is 6.41. The first-order valence-electron chi connectivity index (χ1n) is 12.4. The Morgan fingerprint density at radius 1 is 0.850 bits per heavy atom. The molecule has 206 valence electrons. The van der Waals surface area contributed by atoms with E-state index in [1.165, 1.54) is 11.9 Å². The van der Waals surface area contributed by atoms with E-state index in [0.29, 0.717) is 51.7 Å². The van der Waals surface area contributed by atoms with Crippen molar-refractivity contribution in [3.8, 4) is 34.5 Å². The molecular formula is C30H28ClN3O6. The molecule has 0 saturated heterocycles. The maximum atomic E-state index is 12.6. The fourth-order valence-electron chi connectivity index (χ4n) is 4.76. The van der Waals surface area contributed by atoms with Gasteiger partial charge in [-0.05, 0) is 54.1 Å². The molecule has 0 fully saturated rings. The minimum atomic E-state index is -0.349. The topological polar surface area (TPSA) is 91.7 Å². The summed E-state index contributed by atoms with van der Waals surface area (Å²) in [6.07, 6.45) is 2.14. The third-order valence-electron chi connectivity index (χ3n) is 6.69. The number of carbonyl (C=O) groups excluding carboxylic acids is 1. The van der Waals surface area contributed by atoms with Crippen molar-refractivity contribution in [1.29, 1.82) is 0 Å². The molecule has 0 bridgehead atoms. The van der Waals surface area contributed by atoms with Crippen LogP contribution in [0.3, 0.4) is 0 Å². The summed E-state index contributed by atoms with van der Waals surface area (Å²) < 4.78 is 28.4. The van der Waals surface area contributed by atoms with Crippen LogP contribution >= 0.6 is 11.6 Å². The Kier molecular flexibility index (Phi) is 7.66. The van der Waals surface area contributed by atoms with Gasteiger partial charge in [0.2, 0.25) is 11.7 Å². The summed E-state index contributed by atoms with van der Waals surface area (Å²) in [6, 6.07) is 16.1. The molecule has 0 N–H and O–H groups in total. The Morgan fingerprint density at radius 3 is 2.23 bits per heavy atom. The van der Waals surface area contributed by atoms with Gasteiger partial charge in [0.1, 0.15) is 5.75 Å². The van der Waals surface area contributed by atoms with Crippen molar-refractivity contribution in [2.24, 2.45) is 5.10 Å². The van der Waals surface area contributed by atoms with Gasteiger partial charge in [-0.15, -0.1) is 0 Å². The van der Waals surface area contributed by atoms with E-state index in [1.54, 1.807) is 52.8 Å². The average Bonchev–Trinajstić information content (AvgIpc) is 3.42. The molecule has 1 atom stereocenters. The van der Waals surface area contributed by atoms with Crippen LogP contribution in [-0.4, -0.2) is 50.1 Å². The van der Waals surface area contributed by atoms with E-state index < -0.39 is 0 Å². The molecule has 0 radical (unpaired) electrons. The van der Waals surface area contributed by atoms with Gasteiger partial charge < -0.3 is 23.7 Å². The van der Waals surface area contributed by atoms with Crippen LogP contribution in [0.5, 0.6) is 34.5 Å². The number of nitrogens with zero attached hydrogens (tertiary/aromatic N) is 3. The first-order chi connectivity index (χ1) is 19.4. The second-order valence-electron chi connectivity index (χ2n) is 9.03. The van der Waals surface area contributed by atoms with Gasteiger partial charge in [0.05, 0.1) is 45.7 Å². The number of methoxy groups -OCH3 is 4. The molecule has 9 nitrogen and oxygen atoms in total. The number of benzene rings is 3. The molecule has 1 aromatic heterocycles. The first-order valence-corrected chi connectivity index (χ1v) is 12.8. The van der Waals surface area contributed by atoms with Crippen LogP contribution in [0, 0.1) is 0 Å². The molecular weight excluding hydrogens is 534 g/mol. The summed E-state index contributed by atoms with van der Waals surface area (Å²) in [5.74, 6) is 2.96. The Labute approximate surface area is 236 Å². The molecule has 0 spiro atoms. The number of hydrogen-bond acceptors (Lipinski definition) is 8. The molecule has 2 heterocycles.